The van der Waals surface area contributed by atoms with Gasteiger partial charge < -0.3 is 31.7 Å². The average molecular weight is 572 g/mol. The first-order chi connectivity index (χ1) is 18.4. The van der Waals surface area contributed by atoms with E-state index in [0.717, 1.165) is 19.3 Å². The summed E-state index contributed by atoms with van der Waals surface area (Å²) in [5, 5.41) is 30.1. The normalized spacial score (nSPS) is 12.6. The van der Waals surface area contributed by atoms with Crippen LogP contribution in [0.4, 0.5) is 13.2 Å². The number of hydrogen-bond acceptors (Lipinski definition) is 6. The van der Waals surface area contributed by atoms with E-state index in [-0.39, 0.29) is 5.91 Å². The molecule has 0 saturated carbocycles. The molecule has 0 heterocycles. The summed E-state index contributed by atoms with van der Waals surface area (Å²) in [5.74, 6) is -4.91. The van der Waals surface area contributed by atoms with E-state index in [9.17, 15) is 27.6 Å². The maximum atomic E-state index is 12.3. The summed E-state index contributed by atoms with van der Waals surface area (Å²) in [6.07, 6.45) is 12.1. The third kappa shape index (κ3) is 24.4. The van der Waals surface area contributed by atoms with Crippen molar-refractivity contribution in [3.8, 4) is 0 Å². The van der Waals surface area contributed by atoms with Crippen molar-refractivity contribution in [3.05, 3.63) is 0 Å². The van der Waals surface area contributed by atoms with Crippen molar-refractivity contribution in [3.63, 3.8) is 0 Å². The number of carboxylic acids is 2. The number of nitrogens with two attached hydrogens (primary N) is 1. The van der Waals surface area contributed by atoms with Gasteiger partial charge in [-0.05, 0) is 25.8 Å². The molecular weight excluding hydrogens is 523 g/mol. The molecule has 0 saturated heterocycles. The van der Waals surface area contributed by atoms with Crippen LogP contribution in [-0.2, 0) is 19.2 Å². The minimum absolute atomic E-state index is 0.221. The number of carbonyl (C=O) groups is 4. The van der Waals surface area contributed by atoms with Gasteiger partial charge in [0.25, 0.3) is 0 Å². The predicted octanol–water partition coefficient (Wildman–Crippen LogP) is 3.89. The number of nitrogens with one attached hydrogen (secondary N) is 2. The molecule has 0 aromatic rings. The molecule has 0 aliphatic rings. The van der Waals surface area contributed by atoms with E-state index in [1.165, 1.54) is 64.2 Å². The largest absolute Gasteiger partial charge is 0.490 e. The SMILES string of the molecule is CCCCCCCCCCCCCCCC(=O)N[C@@H](CCCN)C(=O)N[C@@H](CO)C(=O)O.O=C(O)C(F)(F)F. The Hall–Kier alpha value is -2.41. The molecule has 0 spiro atoms. The highest BCUT2D eigenvalue weighted by Crippen LogP contribution is 2.14. The van der Waals surface area contributed by atoms with E-state index in [4.69, 9.17) is 25.8 Å². The van der Waals surface area contributed by atoms with E-state index >= 15 is 0 Å². The molecule has 0 aliphatic heterocycles. The van der Waals surface area contributed by atoms with Crippen LogP contribution in [0.2, 0.25) is 0 Å². The van der Waals surface area contributed by atoms with Crippen LogP contribution in [0.15, 0.2) is 0 Å². The van der Waals surface area contributed by atoms with Crippen molar-refractivity contribution >= 4 is 23.8 Å². The first-order valence-corrected chi connectivity index (χ1v) is 13.8. The second-order valence-electron chi connectivity index (χ2n) is 9.43. The Morgan fingerprint density at radius 3 is 1.54 bits per heavy atom. The van der Waals surface area contributed by atoms with Crippen molar-refractivity contribution in [1.82, 2.24) is 10.6 Å². The Labute approximate surface area is 229 Å². The van der Waals surface area contributed by atoms with Crippen LogP contribution in [0, 0.1) is 0 Å². The molecule has 0 rings (SSSR count). The number of unbranched alkanes of at least 4 members (excludes halogenated alkanes) is 12. The highest BCUT2D eigenvalue weighted by atomic mass is 19.4. The number of rotatable bonds is 22. The Morgan fingerprint density at radius 1 is 0.744 bits per heavy atom. The Bertz CT molecular complexity index is 680. The number of amides is 2. The van der Waals surface area contributed by atoms with Crippen LogP contribution in [0.5, 0.6) is 0 Å². The molecule has 13 heteroatoms. The first kappa shape index (κ1) is 38.7. The Kier molecular flexibility index (Phi) is 24.5. The quantitative estimate of drug-likeness (QED) is 0.106. The lowest BCUT2D eigenvalue weighted by Gasteiger charge is -2.20. The molecule has 0 aromatic heterocycles. The Balaban J connectivity index is 0. The van der Waals surface area contributed by atoms with Crippen LogP contribution in [-0.4, -0.2) is 70.5 Å². The average Bonchev–Trinajstić information content (AvgIpc) is 2.87. The summed E-state index contributed by atoms with van der Waals surface area (Å²) in [6, 6.07) is -2.23. The zero-order valence-corrected chi connectivity index (χ0v) is 23.1. The summed E-state index contributed by atoms with van der Waals surface area (Å²) in [6.45, 7) is 1.89. The van der Waals surface area contributed by atoms with Gasteiger partial charge in [0.2, 0.25) is 11.8 Å². The van der Waals surface area contributed by atoms with Gasteiger partial charge in [-0.2, -0.15) is 13.2 Å². The molecule has 230 valence electrons. The molecule has 0 aliphatic carbocycles. The molecule has 39 heavy (non-hydrogen) atoms. The van der Waals surface area contributed by atoms with Gasteiger partial charge >= 0.3 is 18.1 Å². The monoisotopic (exact) mass is 571 g/mol. The fourth-order valence-corrected chi connectivity index (χ4v) is 3.62. The zero-order chi connectivity index (χ0) is 30.1. The lowest BCUT2D eigenvalue weighted by molar-refractivity contribution is -0.192. The third-order valence-corrected chi connectivity index (χ3v) is 5.90. The molecule has 0 radical (unpaired) electrons. The number of carboxylic acid groups (broad SMARTS) is 2. The zero-order valence-electron chi connectivity index (χ0n) is 23.1. The third-order valence-electron chi connectivity index (χ3n) is 5.90. The number of hydrogen-bond donors (Lipinski definition) is 6. The van der Waals surface area contributed by atoms with Gasteiger partial charge in [0, 0.05) is 6.42 Å². The molecule has 0 aromatic carbocycles. The second-order valence-corrected chi connectivity index (χ2v) is 9.43. The van der Waals surface area contributed by atoms with Gasteiger partial charge in [0.15, 0.2) is 0 Å². The number of aliphatic carboxylic acids is 2. The molecule has 7 N–H and O–H groups in total. The van der Waals surface area contributed by atoms with Gasteiger partial charge in [0.05, 0.1) is 6.61 Å². The highest BCUT2D eigenvalue weighted by Gasteiger charge is 2.38. The van der Waals surface area contributed by atoms with E-state index in [2.05, 4.69) is 17.6 Å². The van der Waals surface area contributed by atoms with E-state index < -0.39 is 42.7 Å². The summed E-state index contributed by atoms with van der Waals surface area (Å²) in [5.41, 5.74) is 5.49. The fourth-order valence-electron chi connectivity index (χ4n) is 3.62. The van der Waals surface area contributed by atoms with Crippen molar-refractivity contribution < 1.29 is 47.7 Å². The minimum Gasteiger partial charge on any atom is -0.480 e. The van der Waals surface area contributed by atoms with Gasteiger partial charge in [-0.1, -0.05) is 84.0 Å². The lowest BCUT2D eigenvalue weighted by Crippen LogP contribution is -2.52. The second kappa shape index (κ2) is 24.6. The number of carbonyl (C=O) groups excluding carboxylic acids is 2. The van der Waals surface area contributed by atoms with Crippen LogP contribution in [0.25, 0.3) is 0 Å². The molecule has 2 atom stereocenters. The lowest BCUT2D eigenvalue weighted by atomic mass is 10.0. The summed E-state index contributed by atoms with van der Waals surface area (Å²) < 4.78 is 31.7. The van der Waals surface area contributed by atoms with Crippen LogP contribution < -0.4 is 16.4 Å². The summed E-state index contributed by atoms with van der Waals surface area (Å²) in [7, 11) is 0. The van der Waals surface area contributed by atoms with Gasteiger partial charge in [-0.25, -0.2) is 9.59 Å². The van der Waals surface area contributed by atoms with Gasteiger partial charge in [0.1, 0.15) is 12.1 Å². The molecule has 0 unspecified atom stereocenters. The van der Waals surface area contributed by atoms with E-state index in [0.29, 0.717) is 25.8 Å². The van der Waals surface area contributed by atoms with Crippen molar-refractivity contribution in [1.29, 1.82) is 0 Å². The standard InChI is InChI=1S/C24H47N3O5.C2HF3O2/c1-2-3-4-5-6-7-8-9-10-11-12-13-14-17-22(29)26-20(16-15-18-25)23(30)27-21(19-28)24(31)32;3-2(4,5)1(6)7/h20-21,28H,2-19,25H2,1H3,(H,26,29)(H,27,30)(H,31,32);(H,6,7)/t20-,21-;/m0./s1. The summed E-state index contributed by atoms with van der Waals surface area (Å²) >= 11 is 0. The molecule has 10 nitrogen and oxygen atoms in total. The number of aliphatic hydroxyl groups is 1. The van der Waals surface area contributed by atoms with Gasteiger partial charge in [-0.15, -0.1) is 0 Å². The topological polar surface area (TPSA) is 179 Å². The van der Waals surface area contributed by atoms with Crippen LogP contribution in [0.1, 0.15) is 110 Å². The maximum absolute atomic E-state index is 12.3. The van der Waals surface area contributed by atoms with Crippen LogP contribution >= 0.6 is 0 Å². The molecule has 0 fully saturated rings. The number of aliphatic hydroxyl groups excluding tert-OH is 1. The minimum atomic E-state index is -5.08. The smallest absolute Gasteiger partial charge is 0.480 e. The van der Waals surface area contributed by atoms with Crippen molar-refractivity contribution in [2.24, 2.45) is 5.73 Å². The van der Waals surface area contributed by atoms with Gasteiger partial charge in [-0.3, -0.25) is 9.59 Å². The predicted molar refractivity (Wildman–Crippen MR) is 141 cm³/mol. The number of halogens is 3. The van der Waals surface area contributed by atoms with Crippen molar-refractivity contribution in [2.75, 3.05) is 13.2 Å². The summed E-state index contributed by atoms with van der Waals surface area (Å²) in [4.78, 5) is 44.4. The fraction of sp³-hybridized carbons (Fsp3) is 0.846. The first-order valence-electron chi connectivity index (χ1n) is 13.8. The molecule has 0 bridgehead atoms. The number of alkyl halides is 3. The highest BCUT2D eigenvalue weighted by molar-refractivity contribution is 5.90. The molecular formula is C26H48F3N3O7. The maximum Gasteiger partial charge on any atom is 0.490 e. The van der Waals surface area contributed by atoms with E-state index in [1.54, 1.807) is 0 Å². The molecule has 2 amide bonds. The van der Waals surface area contributed by atoms with Crippen LogP contribution in [0.3, 0.4) is 0 Å². The Morgan fingerprint density at radius 2 is 1.18 bits per heavy atom. The van der Waals surface area contributed by atoms with Crippen molar-refractivity contribution in [2.45, 2.75) is 128 Å². The van der Waals surface area contributed by atoms with E-state index in [1.807, 2.05) is 0 Å².